The molecule has 0 unspecified atom stereocenters. The molecule has 4 heteroatoms. The Kier molecular flexibility index (Phi) is 4.03. The first kappa shape index (κ1) is 8.34. The van der Waals surface area contributed by atoms with Gasteiger partial charge >= 0.3 is 55.9 Å². The van der Waals surface area contributed by atoms with E-state index in [2.05, 4.69) is 0 Å². The van der Waals surface area contributed by atoms with Gasteiger partial charge in [-0.25, -0.2) is 0 Å². The Morgan fingerprint density at radius 1 is 1.57 bits per heavy atom. The Bertz CT molecular complexity index is 51.4. The van der Waals surface area contributed by atoms with Crippen LogP contribution in [0.1, 0.15) is 6.92 Å². The maximum absolute atomic E-state index is 5.59. The summed E-state index contributed by atoms with van der Waals surface area (Å²) in [5.41, 5.74) is 0. The second-order valence-electron chi connectivity index (χ2n) is 1.24. The van der Waals surface area contributed by atoms with Crippen molar-refractivity contribution in [2.75, 3.05) is 6.61 Å². The van der Waals surface area contributed by atoms with Crippen molar-refractivity contribution < 1.29 is 3.07 Å². The predicted octanol–water partition coefficient (Wildman–Crippen LogP) is 2.07. The molecule has 0 rings (SSSR count). The van der Waals surface area contributed by atoms with Gasteiger partial charge in [-0.05, 0) is 0 Å². The summed E-state index contributed by atoms with van der Waals surface area (Å²) in [6.45, 7) is 2.53. The third-order valence-electron chi connectivity index (χ3n) is 0.398. The second-order valence-corrected chi connectivity index (χ2v) is 17.7. The average molecular weight is 250 g/mol. The summed E-state index contributed by atoms with van der Waals surface area (Å²) in [5, 5.41) is 0. The van der Waals surface area contributed by atoms with Crippen molar-refractivity contribution in [3.05, 3.63) is 0 Å². The Morgan fingerprint density at radius 2 is 2.00 bits per heavy atom. The summed E-state index contributed by atoms with van der Waals surface area (Å²) in [5.74, 6) is 0. The van der Waals surface area contributed by atoms with Gasteiger partial charge in [0, 0.05) is 0 Å². The van der Waals surface area contributed by atoms with Gasteiger partial charge in [0.25, 0.3) is 0 Å². The Balaban J connectivity index is 3.15. The van der Waals surface area contributed by atoms with Gasteiger partial charge in [-0.1, -0.05) is 0 Å². The molecule has 0 aromatic rings. The summed E-state index contributed by atoms with van der Waals surface area (Å²) in [7, 11) is 11.2. The monoisotopic (exact) mass is 250 g/mol. The predicted molar refractivity (Wildman–Crippen MR) is 34.9 cm³/mol. The molecule has 0 spiro atoms. The van der Waals surface area contributed by atoms with Crippen molar-refractivity contribution in [2.45, 2.75) is 11.9 Å². The van der Waals surface area contributed by atoms with Gasteiger partial charge in [-0.2, -0.15) is 0 Å². The van der Waals surface area contributed by atoms with Crippen LogP contribution in [0.25, 0.3) is 0 Å². The zero-order valence-corrected chi connectivity index (χ0v) is 8.74. The first-order valence-corrected chi connectivity index (χ1v) is 13.3. The zero-order chi connectivity index (χ0) is 5.91. The summed E-state index contributed by atoms with van der Waals surface area (Å²) >= 11 is -2.83. The van der Waals surface area contributed by atoms with Gasteiger partial charge < -0.3 is 0 Å². The van der Waals surface area contributed by atoms with Gasteiger partial charge in [0.15, 0.2) is 0 Å². The molecule has 0 heterocycles. The minimum atomic E-state index is -2.83. The molecule has 1 nitrogen and oxygen atoms in total. The van der Waals surface area contributed by atoms with E-state index in [0.29, 0.717) is 6.61 Å². The van der Waals surface area contributed by atoms with Gasteiger partial charge in [0.2, 0.25) is 0 Å². The van der Waals surface area contributed by atoms with E-state index in [9.17, 15) is 0 Å². The van der Waals surface area contributed by atoms with Crippen LogP contribution in [0.15, 0.2) is 0 Å². The van der Waals surface area contributed by atoms with Crippen LogP contribution in [-0.2, 0) is 3.07 Å². The van der Waals surface area contributed by atoms with E-state index in [4.69, 9.17) is 20.9 Å². The molecule has 0 aliphatic heterocycles. The molecule has 0 N–H and O–H groups in total. The standard InChI is InChI=1S/C2H5O.CH3.2ClH.Sn/c1-2-3;;;;/h2H2,1H3;1H3;2*1H;/q-1;;;;+3/p-2. The number of hydrogen-bond acceptors (Lipinski definition) is 1. The first-order chi connectivity index (χ1) is 3.06. The van der Waals surface area contributed by atoms with E-state index in [-0.39, 0.29) is 0 Å². The number of hydrogen-bond donors (Lipinski definition) is 0. The topological polar surface area (TPSA) is 9.23 Å². The van der Waals surface area contributed by atoms with Crippen LogP contribution >= 0.6 is 17.8 Å². The van der Waals surface area contributed by atoms with Crippen molar-refractivity contribution in [3.8, 4) is 0 Å². The van der Waals surface area contributed by atoms with Crippen LogP contribution in [0, 0.1) is 0 Å². The second kappa shape index (κ2) is 3.38. The molecule has 0 aliphatic rings. The first-order valence-electron chi connectivity index (χ1n) is 2.08. The van der Waals surface area contributed by atoms with Crippen molar-refractivity contribution in [2.24, 2.45) is 0 Å². The van der Waals surface area contributed by atoms with Crippen LogP contribution in [0.5, 0.6) is 0 Å². The molecule has 7 heavy (non-hydrogen) atoms. The molecule has 0 bridgehead atoms. The Morgan fingerprint density at radius 3 is 2.00 bits per heavy atom. The fraction of sp³-hybridized carbons (Fsp3) is 1.00. The van der Waals surface area contributed by atoms with Crippen LogP contribution < -0.4 is 0 Å². The molecule has 0 radical (unpaired) electrons. The molecule has 0 aromatic heterocycles. The molecule has 0 aliphatic carbocycles. The normalized spacial score (nSPS) is 12.0. The number of halogens is 2. The zero-order valence-electron chi connectivity index (χ0n) is 4.37. The Labute approximate surface area is 55.8 Å². The molecular weight excluding hydrogens is 242 g/mol. The molecule has 0 saturated carbocycles. The van der Waals surface area contributed by atoms with E-state index in [1.54, 1.807) is 4.94 Å². The molecule has 44 valence electrons. The minimum absolute atomic E-state index is 0.638. The molecule has 0 fully saturated rings. The van der Waals surface area contributed by atoms with Gasteiger partial charge in [-0.3, -0.25) is 0 Å². The Hall–Kier alpha value is 1.34. The molecule has 0 atom stereocenters. The third kappa shape index (κ3) is 7.34. The summed E-state index contributed by atoms with van der Waals surface area (Å²) in [6.07, 6.45) is 0. The van der Waals surface area contributed by atoms with Crippen molar-refractivity contribution in [1.82, 2.24) is 0 Å². The molecular formula is C3H8Cl2OSn. The van der Waals surface area contributed by atoms with E-state index < -0.39 is 16.5 Å². The summed E-state index contributed by atoms with van der Waals surface area (Å²) < 4.78 is 4.97. The van der Waals surface area contributed by atoms with Crippen LogP contribution in [0.4, 0.5) is 0 Å². The molecule has 0 amide bonds. The van der Waals surface area contributed by atoms with Gasteiger partial charge in [-0.15, -0.1) is 0 Å². The van der Waals surface area contributed by atoms with Crippen molar-refractivity contribution >= 4 is 34.4 Å². The average Bonchev–Trinajstić information content (AvgIpc) is 1.30. The quantitative estimate of drug-likeness (QED) is 0.681. The molecule has 0 aromatic carbocycles. The summed E-state index contributed by atoms with van der Waals surface area (Å²) in [4.78, 5) is 1.79. The molecule has 0 saturated heterocycles. The van der Waals surface area contributed by atoms with Crippen LogP contribution in [-0.4, -0.2) is 23.1 Å². The van der Waals surface area contributed by atoms with Crippen molar-refractivity contribution in [3.63, 3.8) is 0 Å². The van der Waals surface area contributed by atoms with Gasteiger partial charge in [0.1, 0.15) is 0 Å². The van der Waals surface area contributed by atoms with Crippen LogP contribution in [0.3, 0.4) is 0 Å². The van der Waals surface area contributed by atoms with E-state index in [1.165, 1.54) is 0 Å². The SMILES string of the molecule is CC[O][Sn]([CH3])([Cl])[Cl]. The number of rotatable bonds is 2. The van der Waals surface area contributed by atoms with Crippen molar-refractivity contribution in [1.29, 1.82) is 0 Å². The third-order valence-corrected chi connectivity index (χ3v) is 4.13. The van der Waals surface area contributed by atoms with E-state index >= 15 is 0 Å². The fourth-order valence-corrected chi connectivity index (χ4v) is 3.16. The van der Waals surface area contributed by atoms with E-state index in [0.717, 1.165) is 0 Å². The van der Waals surface area contributed by atoms with Crippen LogP contribution in [0.2, 0.25) is 4.94 Å². The van der Waals surface area contributed by atoms with E-state index in [1.807, 2.05) is 6.92 Å². The van der Waals surface area contributed by atoms with Gasteiger partial charge in [0.05, 0.1) is 0 Å². The summed E-state index contributed by atoms with van der Waals surface area (Å²) in [6, 6.07) is 0. The fourth-order valence-electron chi connectivity index (χ4n) is 0.253. The maximum atomic E-state index is 5.59.